The zero-order valence-corrected chi connectivity index (χ0v) is 11.6. The molecule has 0 amide bonds. The first-order chi connectivity index (χ1) is 8.51. The fourth-order valence-electron chi connectivity index (χ4n) is 2.36. The minimum absolute atomic E-state index is 0.134. The summed E-state index contributed by atoms with van der Waals surface area (Å²) in [6.45, 7) is 9.06. The highest BCUT2D eigenvalue weighted by Crippen LogP contribution is 2.30. The molecule has 0 heterocycles. The van der Waals surface area contributed by atoms with E-state index in [4.69, 9.17) is 0 Å². The lowest BCUT2D eigenvalue weighted by atomic mass is 9.89. The molecule has 100 valence electrons. The molecule has 0 saturated carbocycles. The van der Waals surface area contributed by atoms with Gasteiger partial charge in [-0.25, -0.2) is 0 Å². The fourth-order valence-corrected chi connectivity index (χ4v) is 2.36. The van der Waals surface area contributed by atoms with Gasteiger partial charge in [-0.1, -0.05) is 32.4 Å². The summed E-state index contributed by atoms with van der Waals surface area (Å²) in [5.74, 6) is 0.134. The maximum Gasteiger partial charge on any atom is 0.272 e. The lowest BCUT2D eigenvalue weighted by Crippen LogP contribution is -2.33. The van der Waals surface area contributed by atoms with E-state index in [1.807, 2.05) is 13.0 Å². The van der Waals surface area contributed by atoms with Gasteiger partial charge in [0.15, 0.2) is 0 Å². The Hall–Kier alpha value is -1.42. The smallest absolute Gasteiger partial charge is 0.272 e. The van der Waals surface area contributed by atoms with Crippen molar-refractivity contribution < 1.29 is 4.92 Å². The molecule has 0 spiro atoms. The Kier molecular flexibility index (Phi) is 5.28. The van der Waals surface area contributed by atoms with E-state index in [1.54, 1.807) is 12.1 Å². The van der Waals surface area contributed by atoms with Crippen LogP contribution in [0.3, 0.4) is 0 Å². The molecule has 0 bridgehead atoms. The first-order valence-corrected chi connectivity index (χ1v) is 6.49. The Morgan fingerprint density at radius 3 is 2.56 bits per heavy atom. The van der Waals surface area contributed by atoms with E-state index < -0.39 is 0 Å². The molecule has 0 fully saturated rings. The van der Waals surface area contributed by atoms with Gasteiger partial charge in [0.1, 0.15) is 0 Å². The van der Waals surface area contributed by atoms with Crippen molar-refractivity contribution in [3.8, 4) is 0 Å². The Morgan fingerprint density at radius 1 is 1.39 bits per heavy atom. The van der Waals surface area contributed by atoms with Crippen LogP contribution in [0, 0.1) is 17.0 Å². The predicted molar refractivity (Wildman–Crippen MR) is 74.0 cm³/mol. The summed E-state index contributed by atoms with van der Waals surface area (Å²) in [5.41, 5.74) is 2.12. The van der Waals surface area contributed by atoms with Crippen molar-refractivity contribution in [2.75, 3.05) is 6.54 Å². The molecule has 2 unspecified atom stereocenters. The summed E-state index contributed by atoms with van der Waals surface area (Å²) in [4.78, 5) is 10.8. The minimum Gasteiger partial charge on any atom is -0.314 e. The van der Waals surface area contributed by atoms with Crippen molar-refractivity contribution in [3.05, 3.63) is 39.4 Å². The van der Waals surface area contributed by atoms with Crippen molar-refractivity contribution >= 4 is 5.69 Å². The topological polar surface area (TPSA) is 55.2 Å². The molecule has 0 radical (unpaired) electrons. The van der Waals surface area contributed by atoms with E-state index in [1.165, 1.54) is 0 Å². The third-order valence-electron chi connectivity index (χ3n) is 3.38. The number of nitrogens with one attached hydrogen (secondary N) is 1. The normalized spacial score (nSPS) is 14.2. The van der Waals surface area contributed by atoms with Gasteiger partial charge in [-0.2, -0.15) is 0 Å². The Morgan fingerprint density at radius 2 is 2.06 bits per heavy atom. The van der Waals surface area contributed by atoms with Crippen LogP contribution in [0.4, 0.5) is 5.69 Å². The molecular formula is C14H22N2O2. The number of aryl methyl sites for hydroxylation is 1. The van der Waals surface area contributed by atoms with Crippen LogP contribution in [0.15, 0.2) is 18.2 Å². The molecule has 1 aromatic carbocycles. The van der Waals surface area contributed by atoms with Gasteiger partial charge in [0.2, 0.25) is 0 Å². The molecule has 18 heavy (non-hydrogen) atoms. The van der Waals surface area contributed by atoms with Crippen LogP contribution in [-0.4, -0.2) is 17.5 Å². The third-order valence-corrected chi connectivity index (χ3v) is 3.38. The average molecular weight is 250 g/mol. The van der Waals surface area contributed by atoms with Crippen LogP contribution in [-0.2, 0) is 0 Å². The number of nitro groups is 1. The van der Waals surface area contributed by atoms with Crippen LogP contribution < -0.4 is 5.32 Å². The Bertz CT molecular complexity index is 418. The van der Waals surface area contributed by atoms with Gasteiger partial charge in [0, 0.05) is 23.6 Å². The van der Waals surface area contributed by atoms with E-state index in [0.717, 1.165) is 24.1 Å². The number of benzene rings is 1. The van der Waals surface area contributed by atoms with Crippen LogP contribution in [0.2, 0.25) is 0 Å². The minimum atomic E-state index is -0.288. The number of nitro benzene ring substituents is 1. The van der Waals surface area contributed by atoms with Crippen molar-refractivity contribution in [1.29, 1.82) is 0 Å². The fraction of sp³-hybridized carbons (Fsp3) is 0.571. The number of likely N-dealkylation sites (N-methyl/N-ethyl adjacent to an activating group) is 1. The van der Waals surface area contributed by atoms with Crippen molar-refractivity contribution in [3.63, 3.8) is 0 Å². The first-order valence-electron chi connectivity index (χ1n) is 6.49. The summed E-state index contributed by atoms with van der Waals surface area (Å²) in [7, 11) is 0. The lowest BCUT2D eigenvalue weighted by molar-refractivity contribution is -0.385. The number of rotatable bonds is 6. The highest BCUT2D eigenvalue weighted by molar-refractivity contribution is 5.45. The second-order valence-electron chi connectivity index (χ2n) is 4.68. The van der Waals surface area contributed by atoms with Crippen LogP contribution in [0.5, 0.6) is 0 Å². The first kappa shape index (κ1) is 14.6. The molecule has 2 atom stereocenters. The molecule has 1 rings (SSSR count). The molecule has 0 aliphatic rings. The van der Waals surface area contributed by atoms with E-state index >= 15 is 0 Å². The highest BCUT2D eigenvalue weighted by atomic mass is 16.6. The van der Waals surface area contributed by atoms with Crippen LogP contribution >= 0.6 is 0 Å². The summed E-state index contributed by atoms with van der Waals surface area (Å²) in [6.07, 6.45) is 0.958. The summed E-state index contributed by atoms with van der Waals surface area (Å²) in [6, 6.07) is 5.61. The Balaban J connectivity index is 3.13. The molecule has 4 nitrogen and oxygen atoms in total. The molecule has 0 saturated heterocycles. The molecule has 1 N–H and O–H groups in total. The largest absolute Gasteiger partial charge is 0.314 e. The van der Waals surface area contributed by atoms with Crippen LogP contribution in [0.1, 0.15) is 44.2 Å². The van der Waals surface area contributed by atoms with E-state index in [-0.39, 0.29) is 22.6 Å². The average Bonchev–Trinajstić information content (AvgIpc) is 2.34. The standard InChI is InChI=1S/C14H22N2O2/c1-5-13(15-6-2)11(4)12-9-10(3)7-8-14(12)16(17)18/h7-9,11,13,15H,5-6H2,1-4H3. The SMILES string of the molecule is CCNC(CC)C(C)c1cc(C)ccc1[N+](=O)[O-]. The summed E-state index contributed by atoms with van der Waals surface area (Å²) < 4.78 is 0. The van der Waals surface area contributed by atoms with Crippen molar-refractivity contribution in [1.82, 2.24) is 5.32 Å². The zero-order chi connectivity index (χ0) is 13.7. The molecule has 4 heteroatoms. The number of hydrogen-bond acceptors (Lipinski definition) is 3. The van der Waals surface area contributed by atoms with E-state index in [2.05, 4.69) is 26.1 Å². The summed E-state index contributed by atoms with van der Waals surface area (Å²) in [5, 5.41) is 14.5. The Labute approximate surface area is 109 Å². The van der Waals surface area contributed by atoms with Crippen molar-refractivity contribution in [2.24, 2.45) is 0 Å². The molecule has 0 aromatic heterocycles. The van der Waals surface area contributed by atoms with E-state index in [0.29, 0.717) is 0 Å². The second kappa shape index (κ2) is 6.50. The highest BCUT2D eigenvalue weighted by Gasteiger charge is 2.24. The van der Waals surface area contributed by atoms with E-state index in [9.17, 15) is 10.1 Å². The predicted octanol–water partition coefficient (Wildman–Crippen LogP) is 3.39. The maximum absolute atomic E-state index is 11.1. The molecule has 0 aliphatic carbocycles. The van der Waals surface area contributed by atoms with Gasteiger partial charge >= 0.3 is 0 Å². The number of nitrogens with zero attached hydrogens (tertiary/aromatic N) is 1. The molecule has 0 aliphatic heterocycles. The van der Waals surface area contributed by atoms with Gasteiger partial charge in [-0.3, -0.25) is 10.1 Å². The van der Waals surface area contributed by atoms with Gasteiger partial charge in [0.05, 0.1) is 4.92 Å². The van der Waals surface area contributed by atoms with Gasteiger partial charge < -0.3 is 5.32 Å². The van der Waals surface area contributed by atoms with Gasteiger partial charge in [-0.15, -0.1) is 0 Å². The molecule has 1 aromatic rings. The summed E-state index contributed by atoms with van der Waals surface area (Å²) >= 11 is 0. The lowest BCUT2D eigenvalue weighted by Gasteiger charge is -2.24. The quantitative estimate of drug-likeness (QED) is 0.622. The zero-order valence-electron chi connectivity index (χ0n) is 11.6. The molecular weight excluding hydrogens is 228 g/mol. The van der Waals surface area contributed by atoms with Crippen LogP contribution in [0.25, 0.3) is 0 Å². The van der Waals surface area contributed by atoms with Crippen molar-refractivity contribution in [2.45, 2.75) is 46.1 Å². The second-order valence-corrected chi connectivity index (χ2v) is 4.68. The number of hydrogen-bond donors (Lipinski definition) is 1. The van der Waals surface area contributed by atoms with Gasteiger partial charge in [-0.05, 0) is 26.0 Å². The third kappa shape index (κ3) is 3.29. The monoisotopic (exact) mass is 250 g/mol. The maximum atomic E-state index is 11.1. The van der Waals surface area contributed by atoms with Gasteiger partial charge in [0.25, 0.3) is 5.69 Å².